The van der Waals surface area contributed by atoms with Gasteiger partial charge in [0.25, 0.3) is 0 Å². The summed E-state index contributed by atoms with van der Waals surface area (Å²) in [5, 5.41) is 2.21. The molecular weight excluding hydrogens is 294 g/mol. The highest BCUT2D eigenvalue weighted by Crippen LogP contribution is 2.36. The van der Waals surface area contributed by atoms with Crippen LogP contribution in [-0.4, -0.2) is 4.98 Å². The van der Waals surface area contributed by atoms with Gasteiger partial charge in [0.1, 0.15) is 11.3 Å². The molecule has 3 rings (SSSR count). The van der Waals surface area contributed by atoms with Crippen LogP contribution in [0.5, 0.6) is 0 Å². The summed E-state index contributed by atoms with van der Waals surface area (Å²) in [6.45, 7) is 10.0. The number of nitrogens with zero attached hydrogens (tertiary/aromatic N) is 1. The topological polar surface area (TPSA) is 26.0 Å². The van der Waals surface area contributed by atoms with Crippen molar-refractivity contribution in [2.24, 2.45) is 0 Å². The summed E-state index contributed by atoms with van der Waals surface area (Å²) < 4.78 is 6.15. The molecule has 2 heterocycles. The van der Waals surface area contributed by atoms with Gasteiger partial charge in [-0.2, -0.15) is 0 Å². The maximum atomic E-state index is 6.15. The SMILES string of the molecule is C=CC=C(C)C(=C(C)C=CC)c1nccc2c1oc1ccccc12. The van der Waals surface area contributed by atoms with Crippen LogP contribution < -0.4 is 0 Å². The molecule has 0 saturated heterocycles. The lowest BCUT2D eigenvalue weighted by Gasteiger charge is -2.11. The van der Waals surface area contributed by atoms with Gasteiger partial charge in [0.15, 0.2) is 5.58 Å². The monoisotopic (exact) mass is 315 g/mol. The number of benzene rings is 1. The van der Waals surface area contributed by atoms with E-state index in [1.54, 1.807) is 6.08 Å². The molecule has 24 heavy (non-hydrogen) atoms. The Bertz CT molecular complexity index is 999. The van der Waals surface area contributed by atoms with Gasteiger partial charge in [0, 0.05) is 22.5 Å². The molecule has 0 spiro atoms. The van der Waals surface area contributed by atoms with Crippen molar-refractivity contribution in [2.45, 2.75) is 20.8 Å². The number of furan rings is 1. The highest BCUT2D eigenvalue weighted by Gasteiger charge is 2.17. The van der Waals surface area contributed by atoms with Crippen molar-refractivity contribution in [3.05, 3.63) is 84.3 Å². The second-order valence-electron chi connectivity index (χ2n) is 5.78. The zero-order valence-corrected chi connectivity index (χ0v) is 14.3. The van der Waals surface area contributed by atoms with Crippen LogP contribution in [-0.2, 0) is 0 Å². The molecule has 3 aromatic rings. The predicted octanol–water partition coefficient (Wildman–Crippen LogP) is 6.46. The van der Waals surface area contributed by atoms with Gasteiger partial charge in [-0.25, -0.2) is 0 Å². The molecule has 0 N–H and O–H groups in total. The zero-order chi connectivity index (χ0) is 17.1. The van der Waals surface area contributed by atoms with Gasteiger partial charge in [0.05, 0.1) is 0 Å². The average Bonchev–Trinajstić information content (AvgIpc) is 2.95. The molecule has 0 aliphatic rings. The minimum Gasteiger partial charge on any atom is -0.454 e. The predicted molar refractivity (Wildman–Crippen MR) is 103 cm³/mol. The van der Waals surface area contributed by atoms with Gasteiger partial charge >= 0.3 is 0 Å². The molecule has 2 nitrogen and oxygen atoms in total. The fourth-order valence-corrected chi connectivity index (χ4v) is 3.11. The molecular formula is C22H21NO. The lowest BCUT2D eigenvalue weighted by atomic mass is 9.96. The molecule has 0 atom stereocenters. The summed E-state index contributed by atoms with van der Waals surface area (Å²) >= 11 is 0. The van der Waals surface area contributed by atoms with Gasteiger partial charge in [0.2, 0.25) is 0 Å². The number of rotatable bonds is 4. The third-order valence-electron chi connectivity index (χ3n) is 4.10. The molecule has 0 aliphatic carbocycles. The maximum Gasteiger partial charge on any atom is 0.161 e. The maximum absolute atomic E-state index is 6.15. The van der Waals surface area contributed by atoms with Crippen LogP contribution in [0.3, 0.4) is 0 Å². The highest BCUT2D eigenvalue weighted by atomic mass is 16.3. The molecule has 0 amide bonds. The van der Waals surface area contributed by atoms with E-state index in [-0.39, 0.29) is 0 Å². The highest BCUT2D eigenvalue weighted by molar-refractivity contribution is 6.08. The third-order valence-corrected chi connectivity index (χ3v) is 4.10. The van der Waals surface area contributed by atoms with Gasteiger partial charge in [-0.3, -0.25) is 4.98 Å². The van der Waals surface area contributed by atoms with E-state index in [1.165, 1.54) is 0 Å². The Labute approximate surface area is 142 Å². The van der Waals surface area contributed by atoms with E-state index in [1.807, 2.05) is 49.5 Å². The normalized spacial score (nSPS) is 13.7. The van der Waals surface area contributed by atoms with E-state index in [4.69, 9.17) is 4.42 Å². The molecule has 0 aliphatic heterocycles. The molecule has 0 saturated carbocycles. The summed E-state index contributed by atoms with van der Waals surface area (Å²) in [6.07, 6.45) is 9.79. The van der Waals surface area contributed by atoms with Gasteiger partial charge in [-0.1, -0.05) is 49.1 Å². The zero-order valence-electron chi connectivity index (χ0n) is 14.3. The van der Waals surface area contributed by atoms with E-state index in [0.717, 1.165) is 44.4 Å². The fourth-order valence-electron chi connectivity index (χ4n) is 3.11. The van der Waals surface area contributed by atoms with E-state index >= 15 is 0 Å². The number of pyridine rings is 1. The van der Waals surface area contributed by atoms with E-state index < -0.39 is 0 Å². The summed E-state index contributed by atoms with van der Waals surface area (Å²) in [5.74, 6) is 0. The van der Waals surface area contributed by atoms with Crippen molar-refractivity contribution in [3.8, 4) is 0 Å². The van der Waals surface area contributed by atoms with Crippen molar-refractivity contribution in [2.75, 3.05) is 0 Å². The first-order valence-corrected chi connectivity index (χ1v) is 8.07. The Morgan fingerprint density at radius 2 is 1.92 bits per heavy atom. The van der Waals surface area contributed by atoms with Crippen molar-refractivity contribution < 1.29 is 4.42 Å². The van der Waals surface area contributed by atoms with Crippen LogP contribution in [0.15, 0.2) is 83.0 Å². The molecule has 2 aromatic heterocycles. The smallest absolute Gasteiger partial charge is 0.161 e. The van der Waals surface area contributed by atoms with Crippen LogP contribution in [0.1, 0.15) is 26.5 Å². The minimum absolute atomic E-state index is 0.828. The Morgan fingerprint density at radius 3 is 2.67 bits per heavy atom. The standard InChI is InChI=1S/C22H21NO/c1-5-9-15(3)20(16(4)10-6-2)21-22-18(13-14-23-21)17-11-7-8-12-19(17)24-22/h5-14H,1H2,2-4H3. The van der Waals surface area contributed by atoms with Gasteiger partial charge in [-0.15, -0.1) is 0 Å². The Hall–Kier alpha value is -2.87. The lowest BCUT2D eigenvalue weighted by Crippen LogP contribution is -1.94. The van der Waals surface area contributed by atoms with Crippen molar-refractivity contribution in [3.63, 3.8) is 0 Å². The van der Waals surface area contributed by atoms with Crippen molar-refractivity contribution >= 4 is 27.5 Å². The van der Waals surface area contributed by atoms with Crippen LogP contribution in [0, 0.1) is 0 Å². The fraction of sp³-hybridized carbons (Fsp3) is 0.136. The van der Waals surface area contributed by atoms with E-state index in [9.17, 15) is 0 Å². The van der Waals surface area contributed by atoms with E-state index in [0.29, 0.717) is 0 Å². The van der Waals surface area contributed by atoms with Crippen LogP contribution in [0.25, 0.3) is 27.5 Å². The van der Waals surface area contributed by atoms with E-state index in [2.05, 4.69) is 37.6 Å². The largest absolute Gasteiger partial charge is 0.454 e. The number of fused-ring (bicyclic) bond motifs is 3. The molecule has 0 radical (unpaired) electrons. The first kappa shape index (κ1) is 16.0. The molecule has 1 aromatic carbocycles. The number of hydrogen-bond acceptors (Lipinski definition) is 2. The van der Waals surface area contributed by atoms with Gasteiger partial charge < -0.3 is 4.42 Å². The summed E-state index contributed by atoms with van der Waals surface area (Å²) in [6, 6.07) is 10.1. The number of para-hydroxylation sites is 1. The minimum atomic E-state index is 0.828. The first-order chi connectivity index (χ1) is 11.7. The quantitative estimate of drug-likeness (QED) is 0.516. The third kappa shape index (κ3) is 2.71. The Morgan fingerprint density at radius 1 is 1.12 bits per heavy atom. The first-order valence-electron chi connectivity index (χ1n) is 8.07. The van der Waals surface area contributed by atoms with Crippen molar-refractivity contribution in [1.82, 2.24) is 4.98 Å². The lowest BCUT2D eigenvalue weighted by molar-refractivity contribution is 0.665. The molecule has 0 fully saturated rings. The molecule has 0 bridgehead atoms. The molecule has 2 heteroatoms. The Balaban J connectivity index is 2.39. The van der Waals surface area contributed by atoms with Gasteiger partial charge in [-0.05, 0) is 44.1 Å². The van der Waals surface area contributed by atoms with Crippen LogP contribution in [0.4, 0.5) is 0 Å². The van der Waals surface area contributed by atoms with Crippen LogP contribution >= 0.6 is 0 Å². The molecule has 0 unspecified atom stereocenters. The average molecular weight is 315 g/mol. The van der Waals surface area contributed by atoms with Crippen molar-refractivity contribution in [1.29, 1.82) is 0 Å². The Kier molecular flexibility index (Phi) is 4.48. The molecule has 120 valence electrons. The summed E-state index contributed by atoms with van der Waals surface area (Å²) in [5.41, 5.74) is 5.92. The summed E-state index contributed by atoms with van der Waals surface area (Å²) in [4.78, 5) is 4.65. The second kappa shape index (κ2) is 6.71. The second-order valence-corrected chi connectivity index (χ2v) is 5.78. The number of aromatic nitrogens is 1. The number of allylic oxidation sites excluding steroid dienone is 7. The van der Waals surface area contributed by atoms with Crippen LogP contribution in [0.2, 0.25) is 0 Å². The summed E-state index contributed by atoms with van der Waals surface area (Å²) in [7, 11) is 0. The number of hydrogen-bond donors (Lipinski definition) is 0.